The molecule has 4 heteroatoms. The highest BCUT2D eigenvalue weighted by molar-refractivity contribution is 5.46. The molecule has 1 aromatic heterocycles. The summed E-state index contributed by atoms with van der Waals surface area (Å²) in [5.41, 5.74) is 1.35. The third-order valence-corrected chi connectivity index (χ3v) is 3.98. The van der Waals surface area contributed by atoms with E-state index in [1.807, 2.05) is 18.7 Å². The Morgan fingerprint density at radius 1 is 1.15 bits per heavy atom. The minimum Gasteiger partial charge on any atom is -0.371 e. The lowest BCUT2D eigenvalue weighted by Gasteiger charge is -2.34. The van der Waals surface area contributed by atoms with Gasteiger partial charge in [0.1, 0.15) is 0 Å². The van der Waals surface area contributed by atoms with Gasteiger partial charge in [-0.1, -0.05) is 18.2 Å². The van der Waals surface area contributed by atoms with Gasteiger partial charge in [0.15, 0.2) is 0 Å². The molecule has 1 aliphatic rings. The SMILES string of the molecule is c1ccc(N2CCC(NCCn3ccnc3)CC2)cc1. The fourth-order valence-electron chi connectivity index (χ4n) is 2.80. The summed E-state index contributed by atoms with van der Waals surface area (Å²) in [5.74, 6) is 0. The fraction of sp³-hybridized carbons (Fsp3) is 0.438. The minimum absolute atomic E-state index is 0.651. The van der Waals surface area contributed by atoms with Gasteiger partial charge in [-0.25, -0.2) is 4.98 Å². The Labute approximate surface area is 120 Å². The Morgan fingerprint density at radius 3 is 2.65 bits per heavy atom. The van der Waals surface area contributed by atoms with Gasteiger partial charge < -0.3 is 14.8 Å². The normalized spacial score (nSPS) is 16.5. The molecule has 2 aromatic rings. The standard InChI is InChI=1S/C16H22N4/c1-2-4-16(5-3-1)20-10-6-15(7-11-20)18-9-13-19-12-8-17-14-19/h1-5,8,12,14-15,18H,6-7,9-11,13H2. The Bertz CT molecular complexity index is 486. The van der Waals surface area contributed by atoms with Crippen molar-refractivity contribution in [2.45, 2.75) is 25.4 Å². The smallest absolute Gasteiger partial charge is 0.0946 e. The summed E-state index contributed by atoms with van der Waals surface area (Å²) < 4.78 is 2.12. The van der Waals surface area contributed by atoms with Crippen LogP contribution in [0.4, 0.5) is 5.69 Å². The predicted molar refractivity (Wildman–Crippen MR) is 81.9 cm³/mol. The van der Waals surface area contributed by atoms with Gasteiger partial charge in [-0.3, -0.25) is 0 Å². The van der Waals surface area contributed by atoms with Gasteiger partial charge in [0.05, 0.1) is 6.33 Å². The second-order valence-corrected chi connectivity index (χ2v) is 5.35. The molecule has 1 fully saturated rings. The number of nitrogens with zero attached hydrogens (tertiary/aromatic N) is 3. The number of hydrogen-bond donors (Lipinski definition) is 1. The van der Waals surface area contributed by atoms with Crippen LogP contribution >= 0.6 is 0 Å². The summed E-state index contributed by atoms with van der Waals surface area (Å²) in [6.45, 7) is 4.31. The molecular formula is C16H22N4. The molecule has 20 heavy (non-hydrogen) atoms. The van der Waals surface area contributed by atoms with E-state index < -0.39 is 0 Å². The summed E-state index contributed by atoms with van der Waals surface area (Å²) in [6, 6.07) is 11.4. The maximum atomic E-state index is 4.06. The lowest BCUT2D eigenvalue weighted by atomic mass is 10.0. The van der Waals surface area contributed by atoms with E-state index >= 15 is 0 Å². The summed E-state index contributed by atoms with van der Waals surface area (Å²) in [6.07, 6.45) is 8.16. The van der Waals surface area contributed by atoms with E-state index in [2.05, 4.69) is 50.1 Å². The molecule has 106 valence electrons. The number of hydrogen-bond acceptors (Lipinski definition) is 3. The molecule has 0 atom stereocenters. The lowest BCUT2D eigenvalue weighted by molar-refractivity contribution is 0.406. The highest BCUT2D eigenvalue weighted by Crippen LogP contribution is 2.19. The summed E-state index contributed by atoms with van der Waals surface area (Å²) in [4.78, 5) is 6.54. The van der Waals surface area contributed by atoms with Crippen molar-refractivity contribution in [3.05, 3.63) is 49.1 Å². The maximum absolute atomic E-state index is 4.06. The zero-order chi connectivity index (χ0) is 13.6. The van der Waals surface area contributed by atoms with Crippen LogP contribution in [0.15, 0.2) is 49.1 Å². The van der Waals surface area contributed by atoms with Crippen LogP contribution in [0.1, 0.15) is 12.8 Å². The summed E-state index contributed by atoms with van der Waals surface area (Å²) >= 11 is 0. The molecule has 1 saturated heterocycles. The first kappa shape index (κ1) is 13.2. The van der Waals surface area contributed by atoms with Crippen molar-refractivity contribution in [3.63, 3.8) is 0 Å². The summed E-state index contributed by atoms with van der Waals surface area (Å²) in [7, 11) is 0. The monoisotopic (exact) mass is 270 g/mol. The van der Waals surface area contributed by atoms with E-state index in [0.29, 0.717) is 6.04 Å². The molecular weight excluding hydrogens is 248 g/mol. The number of nitrogens with one attached hydrogen (secondary N) is 1. The van der Waals surface area contributed by atoms with Gasteiger partial charge in [0, 0.05) is 50.3 Å². The third-order valence-electron chi connectivity index (χ3n) is 3.98. The Kier molecular flexibility index (Phi) is 4.33. The molecule has 1 aliphatic heterocycles. The van der Waals surface area contributed by atoms with Crippen LogP contribution in [0.5, 0.6) is 0 Å². The molecule has 4 nitrogen and oxygen atoms in total. The predicted octanol–water partition coefficient (Wildman–Crippen LogP) is 2.14. The quantitative estimate of drug-likeness (QED) is 0.903. The van der Waals surface area contributed by atoms with Crippen molar-refractivity contribution in [1.82, 2.24) is 14.9 Å². The largest absolute Gasteiger partial charge is 0.371 e. The van der Waals surface area contributed by atoms with Crippen LogP contribution in [0, 0.1) is 0 Å². The summed E-state index contributed by atoms with van der Waals surface area (Å²) in [5, 5.41) is 3.66. The Morgan fingerprint density at radius 2 is 1.95 bits per heavy atom. The van der Waals surface area contributed by atoms with Crippen LogP contribution in [-0.2, 0) is 6.54 Å². The van der Waals surface area contributed by atoms with Crippen LogP contribution < -0.4 is 10.2 Å². The molecule has 0 aliphatic carbocycles. The van der Waals surface area contributed by atoms with E-state index in [-0.39, 0.29) is 0 Å². The molecule has 0 unspecified atom stereocenters. The van der Waals surface area contributed by atoms with Crippen molar-refractivity contribution in [3.8, 4) is 0 Å². The maximum Gasteiger partial charge on any atom is 0.0946 e. The average molecular weight is 270 g/mol. The van der Waals surface area contributed by atoms with Crippen molar-refractivity contribution in [2.75, 3.05) is 24.5 Å². The molecule has 0 bridgehead atoms. The number of aromatic nitrogens is 2. The first-order valence-electron chi connectivity index (χ1n) is 7.41. The van der Waals surface area contributed by atoms with Crippen molar-refractivity contribution in [1.29, 1.82) is 0 Å². The zero-order valence-electron chi connectivity index (χ0n) is 11.8. The number of piperidine rings is 1. The lowest BCUT2D eigenvalue weighted by Crippen LogP contribution is -2.43. The van der Waals surface area contributed by atoms with Gasteiger partial charge in [-0.2, -0.15) is 0 Å². The van der Waals surface area contributed by atoms with E-state index in [4.69, 9.17) is 0 Å². The third kappa shape index (κ3) is 3.39. The van der Waals surface area contributed by atoms with Gasteiger partial charge in [-0.15, -0.1) is 0 Å². The number of imidazole rings is 1. The fourth-order valence-corrected chi connectivity index (χ4v) is 2.80. The molecule has 1 N–H and O–H groups in total. The molecule has 1 aromatic carbocycles. The van der Waals surface area contributed by atoms with Gasteiger partial charge in [0.25, 0.3) is 0 Å². The van der Waals surface area contributed by atoms with Crippen LogP contribution in [0.25, 0.3) is 0 Å². The van der Waals surface area contributed by atoms with Crippen LogP contribution in [0.3, 0.4) is 0 Å². The van der Waals surface area contributed by atoms with E-state index in [1.54, 1.807) is 0 Å². The van der Waals surface area contributed by atoms with E-state index in [1.165, 1.54) is 18.5 Å². The average Bonchev–Trinajstić information content (AvgIpc) is 3.02. The topological polar surface area (TPSA) is 33.1 Å². The molecule has 0 saturated carbocycles. The van der Waals surface area contributed by atoms with Crippen LogP contribution in [0.2, 0.25) is 0 Å². The van der Waals surface area contributed by atoms with Gasteiger partial charge in [-0.05, 0) is 25.0 Å². The molecule has 0 amide bonds. The van der Waals surface area contributed by atoms with E-state index in [9.17, 15) is 0 Å². The highest BCUT2D eigenvalue weighted by Gasteiger charge is 2.18. The second kappa shape index (κ2) is 6.57. The zero-order valence-corrected chi connectivity index (χ0v) is 11.8. The molecule has 0 spiro atoms. The number of anilines is 1. The molecule has 3 rings (SSSR count). The number of para-hydroxylation sites is 1. The number of benzene rings is 1. The van der Waals surface area contributed by atoms with Crippen LogP contribution in [-0.4, -0.2) is 35.2 Å². The van der Waals surface area contributed by atoms with Crippen molar-refractivity contribution >= 4 is 5.69 Å². The first-order chi connectivity index (χ1) is 9.92. The van der Waals surface area contributed by atoms with E-state index in [0.717, 1.165) is 26.2 Å². The number of rotatable bonds is 5. The second-order valence-electron chi connectivity index (χ2n) is 5.35. The Balaban J connectivity index is 1.40. The van der Waals surface area contributed by atoms with Crippen molar-refractivity contribution in [2.24, 2.45) is 0 Å². The van der Waals surface area contributed by atoms with Crippen molar-refractivity contribution < 1.29 is 0 Å². The first-order valence-corrected chi connectivity index (χ1v) is 7.41. The minimum atomic E-state index is 0.651. The molecule has 0 radical (unpaired) electrons. The molecule has 2 heterocycles. The highest BCUT2D eigenvalue weighted by atomic mass is 15.1. The Hall–Kier alpha value is -1.81. The van der Waals surface area contributed by atoms with Gasteiger partial charge >= 0.3 is 0 Å². The van der Waals surface area contributed by atoms with Gasteiger partial charge in [0.2, 0.25) is 0 Å².